The van der Waals surface area contributed by atoms with E-state index in [1.165, 1.54) is 51.4 Å². The van der Waals surface area contributed by atoms with Crippen LogP contribution < -0.4 is 10.6 Å². The molecule has 11 rings (SSSR count). The van der Waals surface area contributed by atoms with Gasteiger partial charge in [-0.2, -0.15) is 0 Å². The third-order valence-corrected chi connectivity index (χ3v) is 14.7. The first-order chi connectivity index (χ1) is 35.3. The number of benzene rings is 5. The number of esters is 1. The van der Waals surface area contributed by atoms with Gasteiger partial charge in [-0.1, -0.05) is 135 Å². The second-order valence-corrected chi connectivity index (χ2v) is 20.5. The summed E-state index contributed by atoms with van der Waals surface area (Å²) in [6, 6.07) is 42.8. The summed E-state index contributed by atoms with van der Waals surface area (Å²) in [5.74, 6) is -0.131. The Kier molecular flexibility index (Phi) is 16.6. The molecule has 0 radical (unpaired) electrons. The van der Waals surface area contributed by atoms with Crippen LogP contribution in [0.5, 0.6) is 0 Å². The molecule has 4 fully saturated rings. The van der Waals surface area contributed by atoms with E-state index in [4.69, 9.17) is 18.9 Å². The highest BCUT2D eigenvalue weighted by Crippen LogP contribution is 2.47. The SMILES string of the molecule is C.CC(C)(C)OC(=O)N[C@H]1CC2CCC1N2C(=O)OCC1c2ccccc2-c2ccccc21.CCOC(C)=O.O=C(N[C@H]1CC2CCC1N2C(=O)OCC1c2ccccc2-c2ccccc21)OCc1ccccc1. The Labute approximate surface area is 435 Å². The van der Waals surface area contributed by atoms with Crippen molar-refractivity contribution in [2.45, 2.75) is 141 Å². The van der Waals surface area contributed by atoms with Crippen LogP contribution in [0.2, 0.25) is 0 Å². The molecule has 5 aromatic carbocycles. The van der Waals surface area contributed by atoms with Gasteiger partial charge in [-0.25, -0.2) is 19.2 Å². The molecule has 0 saturated carbocycles. The molecule has 4 heterocycles. The van der Waals surface area contributed by atoms with Gasteiger partial charge in [0.1, 0.15) is 25.4 Å². The van der Waals surface area contributed by atoms with Crippen molar-refractivity contribution in [1.29, 1.82) is 0 Å². The minimum Gasteiger partial charge on any atom is -0.466 e. The van der Waals surface area contributed by atoms with Crippen molar-refractivity contribution in [2.75, 3.05) is 19.8 Å². The van der Waals surface area contributed by atoms with Crippen LogP contribution in [0.3, 0.4) is 0 Å². The molecule has 4 saturated heterocycles. The third kappa shape index (κ3) is 11.7. The van der Waals surface area contributed by atoms with Crippen molar-refractivity contribution in [3.05, 3.63) is 155 Å². The van der Waals surface area contributed by atoms with Gasteiger partial charge in [-0.15, -0.1) is 0 Å². The van der Waals surface area contributed by atoms with Crippen LogP contribution in [0.4, 0.5) is 19.2 Å². The monoisotopic (exact) mass is 1010 g/mol. The van der Waals surface area contributed by atoms with E-state index < -0.39 is 17.8 Å². The summed E-state index contributed by atoms with van der Waals surface area (Å²) in [4.78, 5) is 64.4. The van der Waals surface area contributed by atoms with Crippen LogP contribution in [0.25, 0.3) is 22.3 Å². The van der Waals surface area contributed by atoms with Crippen molar-refractivity contribution >= 4 is 30.3 Å². The van der Waals surface area contributed by atoms with E-state index in [9.17, 15) is 24.0 Å². The van der Waals surface area contributed by atoms with Crippen molar-refractivity contribution < 1.29 is 47.7 Å². The summed E-state index contributed by atoms with van der Waals surface area (Å²) < 4.78 is 27.0. The number of nitrogens with zero attached hydrogens (tertiary/aromatic N) is 2. The van der Waals surface area contributed by atoms with Crippen molar-refractivity contribution in [2.24, 2.45) is 0 Å². The van der Waals surface area contributed by atoms with Crippen molar-refractivity contribution in [1.82, 2.24) is 20.4 Å². The summed E-state index contributed by atoms with van der Waals surface area (Å²) in [6.45, 7) is 10.0. The van der Waals surface area contributed by atoms with Gasteiger partial charge in [0, 0.05) is 30.8 Å². The first-order valence-corrected chi connectivity index (χ1v) is 25.6. The van der Waals surface area contributed by atoms with Crippen molar-refractivity contribution in [3.63, 3.8) is 0 Å². The zero-order valence-electron chi connectivity index (χ0n) is 42.3. The average molecular weight is 1010 g/mol. The second-order valence-electron chi connectivity index (χ2n) is 20.5. The minimum atomic E-state index is -0.547. The summed E-state index contributed by atoms with van der Waals surface area (Å²) in [5.41, 5.74) is 10.1. The normalized spacial score (nSPS) is 21.2. The van der Waals surface area contributed by atoms with Crippen LogP contribution >= 0.6 is 0 Å². The molecule has 14 heteroatoms. The predicted octanol–water partition coefficient (Wildman–Crippen LogP) is 11.7. The molecule has 14 nitrogen and oxygen atoms in total. The van der Waals surface area contributed by atoms with Gasteiger partial charge in [0.15, 0.2) is 0 Å². The minimum absolute atomic E-state index is 0. The van der Waals surface area contributed by atoms with E-state index in [2.05, 4.69) is 63.9 Å². The van der Waals surface area contributed by atoms with E-state index in [1.54, 1.807) is 6.92 Å². The highest BCUT2D eigenvalue weighted by Gasteiger charge is 2.51. The molecule has 6 atom stereocenters. The number of alkyl carbamates (subject to hydrolysis) is 2. The lowest BCUT2D eigenvalue weighted by Crippen LogP contribution is -2.47. The van der Waals surface area contributed by atoms with E-state index >= 15 is 0 Å². The summed E-state index contributed by atoms with van der Waals surface area (Å²) in [7, 11) is 0. The molecule has 4 amide bonds. The van der Waals surface area contributed by atoms with Crippen LogP contribution in [0, 0.1) is 0 Å². The zero-order chi connectivity index (χ0) is 51.2. The highest BCUT2D eigenvalue weighted by molar-refractivity contribution is 5.81. The smallest absolute Gasteiger partial charge is 0.410 e. The molecule has 390 valence electrons. The first-order valence-electron chi connectivity index (χ1n) is 25.6. The van der Waals surface area contributed by atoms with Gasteiger partial charge in [0.25, 0.3) is 0 Å². The number of rotatable bonds is 9. The lowest BCUT2D eigenvalue weighted by molar-refractivity contribution is -0.140. The molecule has 0 spiro atoms. The van der Waals surface area contributed by atoms with E-state index in [0.29, 0.717) is 19.8 Å². The maximum atomic E-state index is 13.2. The van der Waals surface area contributed by atoms with Crippen LogP contribution in [-0.2, 0) is 35.1 Å². The summed E-state index contributed by atoms with van der Waals surface area (Å²) in [6.07, 6.45) is 3.64. The van der Waals surface area contributed by atoms with Crippen LogP contribution in [-0.4, -0.2) is 102 Å². The van der Waals surface area contributed by atoms with Gasteiger partial charge >= 0.3 is 30.3 Å². The van der Waals surface area contributed by atoms with Gasteiger partial charge in [-0.3, -0.25) is 4.79 Å². The molecule has 0 aromatic heterocycles. The molecule has 4 unspecified atom stereocenters. The number of hydrogen-bond donors (Lipinski definition) is 2. The topological polar surface area (TPSA) is 162 Å². The molecular weight excluding hydrogens is 937 g/mol. The number of carbonyl (C=O) groups is 5. The van der Waals surface area contributed by atoms with Gasteiger partial charge < -0.3 is 44.1 Å². The summed E-state index contributed by atoms with van der Waals surface area (Å²) >= 11 is 0. The quantitative estimate of drug-likeness (QED) is 0.107. The standard InChI is InChI=1S/C29H28N2O4.C26H30N2O4.C4H8O2.CH4/c32-28(34-17-19-8-2-1-3-9-19)30-26-16-20-14-15-27(26)31(20)29(33)35-18-25-23-12-6-4-10-21(23)22-11-5-7-13-24(22)25;1-26(2,3)32-24(29)27-22-14-16-12-13-23(22)28(16)25(30)31-15-21-19-10-6-4-8-17(19)18-9-5-7-11-20(18)21;1-3-6-4(2)5;/h1-13,20,25-27H,14-18H2,(H,30,32);4-11,16,21-23H,12-15H2,1-3H3,(H,27,29);3H2,1-2H3;1H4/t20?,26-,27?;16?,22-,23?;;/m00../s1. The van der Waals surface area contributed by atoms with Crippen LogP contribution in [0.1, 0.15) is 120 Å². The van der Waals surface area contributed by atoms with Gasteiger partial charge in [0.05, 0.1) is 30.8 Å². The fourth-order valence-corrected chi connectivity index (χ4v) is 11.8. The number of ether oxygens (including phenoxy) is 5. The molecular formula is C60H70N4O10. The number of hydrogen-bond acceptors (Lipinski definition) is 10. The third-order valence-electron chi connectivity index (χ3n) is 14.7. The largest absolute Gasteiger partial charge is 0.466 e. The summed E-state index contributed by atoms with van der Waals surface area (Å²) in [5, 5.41) is 5.94. The Hall–Kier alpha value is -7.35. The lowest BCUT2D eigenvalue weighted by Gasteiger charge is -2.26. The predicted molar refractivity (Wildman–Crippen MR) is 282 cm³/mol. The molecule has 5 aromatic rings. The first kappa shape index (κ1) is 53.0. The van der Waals surface area contributed by atoms with Gasteiger partial charge in [0.2, 0.25) is 0 Å². The molecule has 6 aliphatic rings. The average Bonchev–Trinajstić information content (AvgIpc) is 4.25. The number of nitrogens with one attached hydrogen (secondary N) is 2. The fraction of sp³-hybridized carbons (Fsp3) is 0.417. The molecule has 4 aliphatic heterocycles. The Morgan fingerprint density at radius 3 is 1.30 bits per heavy atom. The molecule has 2 N–H and O–H groups in total. The zero-order valence-corrected chi connectivity index (χ0v) is 42.3. The fourth-order valence-electron chi connectivity index (χ4n) is 11.8. The second kappa shape index (κ2) is 23.2. The Morgan fingerprint density at radius 1 is 0.527 bits per heavy atom. The Balaban J connectivity index is 0.000000176. The molecule has 2 aliphatic carbocycles. The molecule has 4 bridgehead atoms. The van der Waals surface area contributed by atoms with E-state index in [-0.39, 0.29) is 80.3 Å². The Bertz CT molecular complexity index is 2700. The highest BCUT2D eigenvalue weighted by atomic mass is 16.6. The van der Waals surface area contributed by atoms with E-state index in [0.717, 1.165) is 44.1 Å². The number of carbonyl (C=O) groups excluding carboxylic acids is 5. The Morgan fingerprint density at radius 2 is 0.919 bits per heavy atom. The number of fused-ring (bicyclic) bond motifs is 10. The van der Waals surface area contributed by atoms with Crippen LogP contribution in [0.15, 0.2) is 127 Å². The lowest BCUT2D eigenvalue weighted by atomic mass is 9.96. The van der Waals surface area contributed by atoms with Crippen molar-refractivity contribution in [3.8, 4) is 22.3 Å². The maximum absolute atomic E-state index is 13.2. The maximum Gasteiger partial charge on any atom is 0.410 e. The van der Waals surface area contributed by atoms with E-state index in [1.807, 2.05) is 109 Å². The van der Waals surface area contributed by atoms with Gasteiger partial charge in [-0.05, 0) is 116 Å². The molecule has 74 heavy (non-hydrogen) atoms. The number of amides is 4.